The van der Waals surface area contributed by atoms with Gasteiger partial charge in [-0.05, 0) is 29.3 Å². The van der Waals surface area contributed by atoms with Gasteiger partial charge in [-0.3, -0.25) is 14.6 Å². The predicted molar refractivity (Wildman–Crippen MR) is 115 cm³/mol. The van der Waals surface area contributed by atoms with Crippen LogP contribution in [0.1, 0.15) is 22.7 Å². The van der Waals surface area contributed by atoms with E-state index < -0.39 is 17.7 Å². The number of carbonyl (C=O) groups excluding carboxylic acids is 2. The number of pyridine rings is 1. The number of aliphatic hydroxyl groups excluding tert-OH is 1. The molecule has 1 aliphatic rings. The summed E-state index contributed by atoms with van der Waals surface area (Å²) in [4.78, 5) is 31.4. The van der Waals surface area contributed by atoms with Crippen molar-refractivity contribution in [3.8, 4) is 0 Å². The highest BCUT2D eigenvalue weighted by atomic mass is 35.5. The largest absolute Gasteiger partial charge is 0.507 e. The first-order valence-electron chi connectivity index (χ1n) is 9.15. The molecule has 0 aliphatic carbocycles. The lowest BCUT2D eigenvalue weighted by Gasteiger charge is -2.25. The molecule has 1 amide bonds. The van der Waals surface area contributed by atoms with Gasteiger partial charge in [0.05, 0.1) is 21.7 Å². The Kier molecular flexibility index (Phi) is 5.57. The normalized spacial score (nSPS) is 18.1. The first kappa shape index (κ1) is 20.1. The molecule has 2 aromatic carbocycles. The minimum Gasteiger partial charge on any atom is -0.507 e. The Morgan fingerprint density at radius 3 is 2.43 bits per heavy atom. The Morgan fingerprint density at radius 1 is 1.00 bits per heavy atom. The van der Waals surface area contributed by atoms with Crippen molar-refractivity contribution in [2.75, 3.05) is 0 Å². The maximum absolute atomic E-state index is 13.0. The van der Waals surface area contributed by atoms with Crippen LogP contribution >= 0.6 is 23.2 Å². The van der Waals surface area contributed by atoms with E-state index in [1.807, 2.05) is 6.07 Å². The summed E-state index contributed by atoms with van der Waals surface area (Å²) in [6.07, 6.45) is 3.26. The predicted octanol–water partition coefficient (Wildman–Crippen LogP) is 5.01. The van der Waals surface area contributed by atoms with Gasteiger partial charge < -0.3 is 10.0 Å². The van der Waals surface area contributed by atoms with Crippen molar-refractivity contribution in [1.29, 1.82) is 0 Å². The Bertz CT molecular complexity index is 1150. The topological polar surface area (TPSA) is 70.5 Å². The first-order valence-corrected chi connectivity index (χ1v) is 9.90. The summed E-state index contributed by atoms with van der Waals surface area (Å²) in [5.41, 5.74) is 1.78. The molecule has 3 aromatic rings. The molecule has 0 bridgehead atoms. The van der Waals surface area contributed by atoms with E-state index in [-0.39, 0.29) is 17.9 Å². The first-order chi connectivity index (χ1) is 14.5. The van der Waals surface area contributed by atoms with Gasteiger partial charge in [-0.25, -0.2) is 0 Å². The zero-order chi connectivity index (χ0) is 21.3. The highest BCUT2D eigenvalue weighted by Gasteiger charge is 2.46. The second-order valence-corrected chi connectivity index (χ2v) is 7.64. The number of likely N-dealkylation sites (tertiary alicyclic amines) is 1. The van der Waals surface area contributed by atoms with E-state index in [4.69, 9.17) is 23.2 Å². The van der Waals surface area contributed by atoms with Crippen LogP contribution in [0.3, 0.4) is 0 Å². The van der Waals surface area contributed by atoms with Gasteiger partial charge >= 0.3 is 0 Å². The molecule has 1 saturated heterocycles. The number of ketones is 1. The van der Waals surface area contributed by atoms with Gasteiger partial charge in [0.25, 0.3) is 11.7 Å². The van der Waals surface area contributed by atoms with Crippen LogP contribution in [-0.2, 0) is 16.1 Å². The Morgan fingerprint density at radius 2 is 1.77 bits per heavy atom. The Labute approximate surface area is 183 Å². The average molecular weight is 439 g/mol. The maximum Gasteiger partial charge on any atom is 0.295 e. The van der Waals surface area contributed by atoms with Crippen LogP contribution < -0.4 is 0 Å². The van der Waals surface area contributed by atoms with Crippen molar-refractivity contribution in [1.82, 2.24) is 9.88 Å². The number of carbonyl (C=O) groups is 2. The molecule has 0 radical (unpaired) electrons. The fourth-order valence-electron chi connectivity index (χ4n) is 3.51. The third-order valence-electron chi connectivity index (χ3n) is 4.92. The van der Waals surface area contributed by atoms with Crippen molar-refractivity contribution in [3.05, 3.63) is 105 Å². The molecule has 1 fully saturated rings. The number of aliphatic hydroxyl groups is 1. The number of nitrogens with zero attached hydrogens (tertiary/aromatic N) is 2. The third kappa shape index (κ3) is 3.70. The molecule has 1 N–H and O–H groups in total. The SMILES string of the molecule is O=C1C(=O)N(Cc2cccnc2)C(c2ccc(Cl)c(Cl)c2)/C1=C(/O)c1ccccc1. The Balaban J connectivity index is 1.88. The minimum absolute atomic E-state index is 0.00785. The molecule has 1 unspecified atom stereocenters. The van der Waals surface area contributed by atoms with Gasteiger partial charge in [0, 0.05) is 24.5 Å². The van der Waals surface area contributed by atoms with E-state index in [2.05, 4.69) is 4.98 Å². The van der Waals surface area contributed by atoms with Crippen molar-refractivity contribution in [2.24, 2.45) is 0 Å². The fraction of sp³-hybridized carbons (Fsp3) is 0.0870. The van der Waals surface area contributed by atoms with E-state index >= 15 is 0 Å². The monoisotopic (exact) mass is 438 g/mol. The number of benzene rings is 2. The minimum atomic E-state index is -0.819. The Hall–Kier alpha value is -3.15. The molecular weight excluding hydrogens is 423 g/mol. The highest BCUT2D eigenvalue weighted by molar-refractivity contribution is 6.46. The van der Waals surface area contributed by atoms with Crippen LogP contribution in [0.2, 0.25) is 10.0 Å². The van der Waals surface area contributed by atoms with Crippen LogP contribution in [0.4, 0.5) is 0 Å². The van der Waals surface area contributed by atoms with Crippen molar-refractivity contribution in [2.45, 2.75) is 12.6 Å². The molecule has 1 aromatic heterocycles. The maximum atomic E-state index is 13.0. The number of rotatable bonds is 4. The van der Waals surface area contributed by atoms with Gasteiger partial charge in [-0.1, -0.05) is 65.7 Å². The molecule has 4 rings (SSSR count). The van der Waals surface area contributed by atoms with E-state index in [9.17, 15) is 14.7 Å². The molecule has 1 aliphatic heterocycles. The van der Waals surface area contributed by atoms with E-state index in [1.54, 1.807) is 67.0 Å². The number of hydrogen-bond acceptors (Lipinski definition) is 4. The van der Waals surface area contributed by atoms with Crippen molar-refractivity contribution >= 4 is 40.7 Å². The van der Waals surface area contributed by atoms with Crippen molar-refractivity contribution in [3.63, 3.8) is 0 Å². The fourth-order valence-corrected chi connectivity index (χ4v) is 3.82. The molecule has 0 spiro atoms. The molecule has 0 saturated carbocycles. The van der Waals surface area contributed by atoms with Gasteiger partial charge in [0.15, 0.2) is 0 Å². The summed E-state index contributed by atoms with van der Waals surface area (Å²) < 4.78 is 0. The van der Waals surface area contributed by atoms with Gasteiger partial charge in [0.2, 0.25) is 0 Å². The lowest BCUT2D eigenvalue weighted by atomic mass is 9.95. The standard InChI is InChI=1S/C23H16Cl2N2O3/c24-17-9-8-16(11-18(17)25)20-19(21(28)15-6-2-1-3-7-15)22(29)23(30)27(20)13-14-5-4-10-26-12-14/h1-12,20,28H,13H2/b21-19-. The summed E-state index contributed by atoms with van der Waals surface area (Å²) in [6, 6.07) is 16.3. The smallest absolute Gasteiger partial charge is 0.295 e. The molecule has 7 heteroatoms. The second-order valence-electron chi connectivity index (χ2n) is 6.83. The third-order valence-corrected chi connectivity index (χ3v) is 5.66. The van der Waals surface area contributed by atoms with Gasteiger partial charge in [-0.2, -0.15) is 0 Å². The van der Waals surface area contributed by atoms with Crippen LogP contribution in [0, 0.1) is 0 Å². The van der Waals surface area contributed by atoms with E-state index in [0.29, 0.717) is 21.2 Å². The van der Waals surface area contributed by atoms with Gasteiger partial charge in [-0.15, -0.1) is 0 Å². The van der Waals surface area contributed by atoms with Crippen molar-refractivity contribution < 1.29 is 14.7 Å². The molecule has 1 atom stereocenters. The van der Waals surface area contributed by atoms with Crippen LogP contribution in [0.25, 0.3) is 5.76 Å². The average Bonchev–Trinajstić information content (AvgIpc) is 3.01. The van der Waals surface area contributed by atoms with E-state index in [1.165, 1.54) is 4.90 Å². The number of Topliss-reactive ketones (excluding diaryl/α,β-unsaturated/α-hetero) is 1. The molecule has 150 valence electrons. The second kappa shape index (κ2) is 8.30. The highest BCUT2D eigenvalue weighted by Crippen LogP contribution is 2.41. The number of halogens is 2. The molecule has 2 heterocycles. The zero-order valence-electron chi connectivity index (χ0n) is 15.6. The van der Waals surface area contributed by atoms with Crippen LogP contribution in [-0.4, -0.2) is 26.7 Å². The summed E-state index contributed by atoms with van der Waals surface area (Å²) >= 11 is 12.3. The number of amides is 1. The summed E-state index contributed by atoms with van der Waals surface area (Å²) in [5, 5.41) is 11.6. The summed E-state index contributed by atoms with van der Waals surface area (Å²) in [7, 11) is 0. The van der Waals surface area contributed by atoms with Crippen LogP contribution in [0.15, 0.2) is 78.6 Å². The molecule has 30 heavy (non-hydrogen) atoms. The lowest BCUT2D eigenvalue weighted by Crippen LogP contribution is -2.29. The molecule has 5 nitrogen and oxygen atoms in total. The summed E-state index contributed by atoms with van der Waals surface area (Å²) in [5.74, 6) is -1.69. The van der Waals surface area contributed by atoms with Gasteiger partial charge in [0.1, 0.15) is 5.76 Å². The number of hydrogen-bond donors (Lipinski definition) is 1. The number of aromatic nitrogens is 1. The lowest BCUT2D eigenvalue weighted by molar-refractivity contribution is -0.140. The summed E-state index contributed by atoms with van der Waals surface area (Å²) in [6.45, 7) is 0.148. The quantitative estimate of drug-likeness (QED) is 0.353. The zero-order valence-corrected chi connectivity index (χ0v) is 17.1. The van der Waals surface area contributed by atoms with E-state index in [0.717, 1.165) is 5.56 Å². The van der Waals surface area contributed by atoms with Crippen LogP contribution in [0.5, 0.6) is 0 Å². The molecular formula is C23H16Cl2N2O3.